The summed E-state index contributed by atoms with van der Waals surface area (Å²) in [5.41, 5.74) is 2.06. The SMILES string of the molecule is CN(C)/C=C1/CNCC1=C(C#N)C#N. The van der Waals surface area contributed by atoms with Crippen LogP contribution in [0.25, 0.3) is 0 Å². The molecule has 0 amide bonds. The summed E-state index contributed by atoms with van der Waals surface area (Å²) in [4.78, 5) is 1.91. The summed E-state index contributed by atoms with van der Waals surface area (Å²) in [6, 6.07) is 3.83. The van der Waals surface area contributed by atoms with Crippen LogP contribution in [0.3, 0.4) is 0 Å². The van der Waals surface area contributed by atoms with E-state index < -0.39 is 0 Å². The van der Waals surface area contributed by atoms with Crippen LogP contribution >= 0.6 is 0 Å². The molecule has 0 atom stereocenters. The minimum atomic E-state index is 0.211. The maximum absolute atomic E-state index is 8.74. The predicted octanol–water partition coefficient (Wildman–Crippen LogP) is 0.379. The van der Waals surface area contributed by atoms with Crippen LogP contribution in [0.15, 0.2) is 22.9 Å². The van der Waals surface area contributed by atoms with Crippen molar-refractivity contribution in [2.45, 2.75) is 0 Å². The molecule has 0 bridgehead atoms. The molecule has 0 radical (unpaired) electrons. The summed E-state index contributed by atoms with van der Waals surface area (Å²) < 4.78 is 0. The van der Waals surface area contributed by atoms with E-state index >= 15 is 0 Å². The third-order valence-electron chi connectivity index (χ3n) is 1.94. The Morgan fingerprint density at radius 1 is 1.36 bits per heavy atom. The van der Waals surface area contributed by atoms with Crippen molar-refractivity contribution < 1.29 is 0 Å². The summed E-state index contributed by atoms with van der Waals surface area (Å²) in [5, 5.41) is 20.6. The third kappa shape index (κ3) is 2.12. The highest BCUT2D eigenvalue weighted by atomic mass is 15.0. The van der Waals surface area contributed by atoms with Gasteiger partial charge in [-0.2, -0.15) is 10.5 Å². The van der Waals surface area contributed by atoms with Crippen LogP contribution in [0.2, 0.25) is 0 Å². The van der Waals surface area contributed by atoms with E-state index in [0.29, 0.717) is 6.54 Å². The first-order chi connectivity index (χ1) is 6.69. The first kappa shape index (κ1) is 10.3. The molecule has 0 saturated carbocycles. The molecule has 1 rings (SSSR count). The normalized spacial score (nSPS) is 17.7. The van der Waals surface area contributed by atoms with Crippen LogP contribution < -0.4 is 5.32 Å². The summed E-state index contributed by atoms with van der Waals surface area (Å²) in [6.45, 7) is 1.33. The maximum Gasteiger partial charge on any atom is 0.134 e. The highest BCUT2D eigenvalue weighted by Gasteiger charge is 2.17. The molecule has 0 unspecified atom stereocenters. The zero-order valence-electron chi connectivity index (χ0n) is 8.33. The average molecular weight is 188 g/mol. The Morgan fingerprint density at radius 3 is 2.50 bits per heavy atom. The lowest BCUT2D eigenvalue weighted by Crippen LogP contribution is -2.07. The lowest BCUT2D eigenvalue weighted by Gasteiger charge is -2.07. The molecule has 4 heteroatoms. The van der Waals surface area contributed by atoms with Crippen LogP contribution in [-0.2, 0) is 0 Å². The lowest BCUT2D eigenvalue weighted by molar-refractivity contribution is 0.558. The Hall–Kier alpha value is -1.78. The molecule has 0 aromatic rings. The van der Waals surface area contributed by atoms with Gasteiger partial charge >= 0.3 is 0 Å². The van der Waals surface area contributed by atoms with E-state index in [2.05, 4.69) is 5.32 Å². The lowest BCUT2D eigenvalue weighted by atomic mass is 10.1. The third-order valence-corrected chi connectivity index (χ3v) is 1.94. The minimum absolute atomic E-state index is 0.211. The Labute approximate surface area is 83.7 Å². The topological polar surface area (TPSA) is 62.9 Å². The van der Waals surface area contributed by atoms with Crippen molar-refractivity contribution in [3.8, 4) is 12.1 Å². The number of nitrogens with zero attached hydrogens (tertiary/aromatic N) is 3. The summed E-state index contributed by atoms with van der Waals surface area (Å²) in [5.74, 6) is 0. The van der Waals surface area contributed by atoms with Gasteiger partial charge in [0, 0.05) is 39.0 Å². The van der Waals surface area contributed by atoms with E-state index in [1.807, 2.05) is 37.3 Å². The molecular formula is C10H12N4. The van der Waals surface area contributed by atoms with Crippen LogP contribution in [0.1, 0.15) is 0 Å². The predicted molar refractivity (Wildman–Crippen MR) is 52.9 cm³/mol. The molecule has 14 heavy (non-hydrogen) atoms. The molecule has 1 fully saturated rings. The summed E-state index contributed by atoms with van der Waals surface area (Å²) in [6.07, 6.45) is 1.93. The molecular weight excluding hydrogens is 176 g/mol. The van der Waals surface area contributed by atoms with Gasteiger partial charge in [-0.25, -0.2) is 0 Å². The van der Waals surface area contributed by atoms with Gasteiger partial charge in [-0.05, 0) is 5.57 Å². The van der Waals surface area contributed by atoms with E-state index in [0.717, 1.165) is 17.7 Å². The first-order valence-electron chi connectivity index (χ1n) is 4.30. The number of hydrogen-bond acceptors (Lipinski definition) is 4. The number of nitriles is 2. The van der Waals surface area contributed by atoms with Gasteiger partial charge in [0.1, 0.15) is 17.7 Å². The van der Waals surface area contributed by atoms with Gasteiger partial charge in [-0.1, -0.05) is 0 Å². The second-order valence-corrected chi connectivity index (χ2v) is 3.30. The van der Waals surface area contributed by atoms with Gasteiger partial charge in [0.25, 0.3) is 0 Å². The van der Waals surface area contributed by atoms with Crippen molar-refractivity contribution in [2.24, 2.45) is 0 Å². The minimum Gasteiger partial charge on any atom is -0.383 e. The van der Waals surface area contributed by atoms with Crippen molar-refractivity contribution in [3.05, 3.63) is 22.9 Å². The van der Waals surface area contributed by atoms with Crippen LogP contribution in [0.4, 0.5) is 0 Å². The zero-order valence-corrected chi connectivity index (χ0v) is 8.33. The van der Waals surface area contributed by atoms with Crippen LogP contribution in [0, 0.1) is 22.7 Å². The highest BCUT2D eigenvalue weighted by molar-refractivity contribution is 5.51. The van der Waals surface area contributed by atoms with Crippen molar-refractivity contribution in [1.29, 1.82) is 10.5 Å². The Morgan fingerprint density at radius 2 is 2.00 bits per heavy atom. The van der Waals surface area contributed by atoms with Gasteiger partial charge in [0.15, 0.2) is 0 Å². The molecule has 1 aliphatic heterocycles. The Balaban J connectivity index is 3.08. The number of allylic oxidation sites excluding steroid dienone is 1. The molecule has 72 valence electrons. The quantitative estimate of drug-likeness (QED) is 0.604. The second-order valence-electron chi connectivity index (χ2n) is 3.30. The smallest absolute Gasteiger partial charge is 0.134 e. The molecule has 1 aliphatic rings. The van der Waals surface area contributed by atoms with Crippen molar-refractivity contribution in [1.82, 2.24) is 10.2 Å². The molecule has 0 aromatic carbocycles. The molecule has 1 saturated heterocycles. The van der Waals surface area contributed by atoms with Crippen LogP contribution in [-0.4, -0.2) is 32.1 Å². The molecule has 4 nitrogen and oxygen atoms in total. The number of hydrogen-bond donors (Lipinski definition) is 1. The van der Waals surface area contributed by atoms with Crippen molar-refractivity contribution >= 4 is 0 Å². The van der Waals surface area contributed by atoms with Gasteiger partial charge in [-0.3, -0.25) is 0 Å². The van der Waals surface area contributed by atoms with Crippen LogP contribution in [0.5, 0.6) is 0 Å². The summed E-state index contributed by atoms with van der Waals surface area (Å²) in [7, 11) is 3.84. The highest BCUT2D eigenvalue weighted by Crippen LogP contribution is 2.18. The second kappa shape index (κ2) is 4.45. The molecule has 0 aromatic heterocycles. The van der Waals surface area contributed by atoms with E-state index in [1.54, 1.807) is 0 Å². The summed E-state index contributed by atoms with van der Waals surface area (Å²) >= 11 is 0. The fourth-order valence-corrected chi connectivity index (χ4v) is 1.39. The fourth-order valence-electron chi connectivity index (χ4n) is 1.39. The molecule has 1 N–H and O–H groups in total. The number of nitrogens with one attached hydrogen (secondary N) is 1. The van der Waals surface area contributed by atoms with Gasteiger partial charge in [0.05, 0.1) is 0 Å². The van der Waals surface area contributed by atoms with E-state index in [4.69, 9.17) is 10.5 Å². The molecule has 0 spiro atoms. The Kier molecular flexibility index (Phi) is 3.28. The van der Waals surface area contributed by atoms with Gasteiger partial charge in [-0.15, -0.1) is 0 Å². The van der Waals surface area contributed by atoms with Gasteiger partial charge < -0.3 is 10.2 Å². The van der Waals surface area contributed by atoms with E-state index in [9.17, 15) is 0 Å². The van der Waals surface area contributed by atoms with E-state index in [1.165, 1.54) is 0 Å². The molecule has 1 heterocycles. The van der Waals surface area contributed by atoms with Gasteiger partial charge in [0.2, 0.25) is 0 Å². The van der Waals surface area contributed by atoms with Crippen molar-refractivity contribution in [3.63, 3.8) is 0 Å². The number of rotatable bonds is 1. The zero-order chi connectivity index (χ0) is 10.6. The first-order valence-corrected chi connectivity index (χ1v) is 4.30. The standard InChI is InChI=1S/C10H12N4/c1-14(2)7-9-5-13-6-10(9)8(3-11)4-12/h7,13H,5-6H2,1-2H3/b9-7-. The fraction of sp³-hybridized carbons (Fsp3) is 0.400. The monoisotopic (exact) mass is 188 g/mol. The van der Waals surface area contributed by atoms with E-state index in [-0.39, 0.29) is 5.57 Å². The average Bonchev–Trinajstić information content (AvgIpc) is 2.55. The maximum atomic E-state index is 8.74. The Bertz CT molecular complexity index is 347. The molecule has 0 aliphatic carbocycles. The largest absolute Gasteiger partial charge is 0.383 e. The van der Waals surface area contributed by atoms with Crippen molar-refractivity contribution in [2.75, 3.05) is 27.2 Å².